The number of hydrogen-bond donors (Lipinski definition) is 1. The van der Waals surface area contributed by atoms with Crippen LogP contribution in [0.2, 0.25) is 5.02 Å². The van der Waals surface area contributed by atoms with Gasteiger partial charge in [0.1, 0.15) is 11.5 Å². The van der Waals surface area contributed by atoms with Crippen LogP contribution in [0.15, 0.2) is 73.1 Å². The van der Waals surface area contributed by atoms with Crippen molar-refractivity contribution >= 4 is 23.3 Å². The second-order valence-corrected chi connectivity index (χ2v) is 9.26. The number of piperidine rings is 1. The van der Waals surface area contributed by atoms with Crippen LogP contribution in [0.3, 0.4) is 0 Å². The van der Waals surface area contributed by atoms with Crippen molar-refractivity contribution < 1.29 is 9.53 Å². The Labute approximate surface area is 199 Å². The van der Waals surface area contributed by atoms with Gasteiger partial charge in [0.05, 0.1) is 11.9 Å². The number of aromatic nitrogens is 1. The number of pyridine rings is 1. The molecule has 0 radical (unpaired) electrons. The summed E-state index contributed by atoms with van der Waals surface area (Å²) in [6.45, 7) is 4.56. The second-order valence-electron chi connectivity index (χ2n) is 8.82. The number of carbonyl (C=O) groups is 1. The molecule has 2 aromatic carbocycles. The molecule has 3 heterocycles. The van der Waals surface area contributed by atoms with E-state index in [0.29, 0.717) is 16.9 Å². The Balaban J connectivity index is 1.16. The normalized spacial score (nSPS) is 20.3. The van der Waals surface area contributed by atoms with Gasteiger partial charge in [-0.3, -0.25) is 9.88 Å². The maximum absolute atomic E-state index is 12.7. The standard InChI is InChI=1S/C26H27ClN4O2/c27-22-6-8-24(9-7-22)33-25-5-1-3-19(13-25)15-30-16-20-10-12-31(18-21(20)17-30)26(32)29-23-4-2-11-28-14-23/h1-9,11,13-14,20-21H,10,12,15-18H2,(H,29,32)/t20-,21+/m1/s1. The van der Waals surface area contributed by atoms with Crippen molar-refractivity contribution in [2.45, 2.75) is 13.0 Å². The topological polar surface area (TPSA) is 57.7 Å². The zero-order valence-corrected chi connectivity index (χ0v) is 19.1. The van der Waals surface area contributed by atoms with Gasteiger partial charge < -0.3 is 15.0 Å². The molecule has 2 aliphatic rings. The molecule has 2 amide bonds. The predicted molar refractivity (Wildman–Crippen MR) is 130 cm³/mol. The third-order valence-electron chi connectivity index (χ3n) is 6.43. The third kappa shape index (κ3) is 5.46. The molecule has 2 atom stereocenters. The highest BCUT2D eigenvalue weighted by molar-refractivity contribution is 6.30. The van der Waals surface area contributed by atoms with E-state index >= 15 is 0 Å². The minimum Gasteiger partial charge on any atom is -0.457 e. The van der Waals surface area contributed by atoms with Crippen LogP contribution in [0, 0.1) is 11.8 Å². The van der Waals surface area contributed by atoms with Gasteiger partial charge in [0, 0.05) is 43.9 Å². The van der Waals surface area contributed by atoms with Gasteiger partial charge in [-0.2, -0.15) is 0 Å². The van der Waals surface area contributed by atoms with Crippen molar-refractivity contribution in [2.24, 2.45) is 11.8 Å². The summed E-state index contributed by atoms with van der Waals surface area (Å²) in [5.74, 6) is 2.74. The van der Waals surface area contributed by atoms with E-state index in [0.717, 1.165) is 56.3 Å². The zero-order valence-electron chi connectivity index (χ0n) is 18.4. The largest absolute Gasteiger partial charge is 0.457 e. The summed E-state index contributed by atoms with van der Waals surface area (Å²) in [6, 6.07) is 19.3. The second kappa shape index (κ2) is 9.81. The van der Waals surface area contributed by atoms with E-state index in [-0.39, 0.29) is 6.03 Å². The highest BCUT2D eigenvalue weighted by Crippen LogP contribution is 2.33. The first-order valence-electron chi connectivity index (χ1n) is 11.3. The number of ether oxygens (including phenoxy) is 1. The average molecular weight is 463 g/mol. The number of halogens is 1. The minimum atomic E-state index is -0.0352. The van der Waals surface area contributed by atoms with E-state index in [9.17, 15) is 4.79 Å². The Kier molecular flexibility index (Phi) is 6.46. The minimum absolute atomic E-state index is 0.0352. The molecule has 0 aliphatic carbocycles. The first-order chi connectivity index (χ1) is 16.1. The van der Waals surface area contributed by atoms with Crippen molar-refractivity contribution in [1.82, 2.24) is 14.8 Å². The van der Waals surface area contributed by atoms with Crippen LogP contribution < -0.4 is 10.1 Å². The van der Waals surface area contributed by atoms with Crippen molar-refractivity contribution in [1.29, 1.82) is 0 Å². The molecule has 1 N–H and O–H groups in total. The molecule has 7 heteroatoms. The number of nitrogens with zero attached hydrogens (tertiary/aromatic N) is 3. The van der Waals surface area contributed by atoms with Gasteiger partial charge in [-0.05, 0) is 72.4 Å². The summed E-state index contributed by atoms with van der Waals surface area (Å²) in [5, 5.41) is 3.66. The maximum Gasteiger partial charge on any atom is 0.321 e. The summed E-state index contributed by atoms with van der Waals surface area (Å²) >= 11 is 5.96. The molecule has 33 heavy (non-hydrogen) atoms. The zero-order chi connectivity index (χ0) is 22.6. The molecule has 2 aliphatic heterocycles. The fraction of sp³-hybridized carbons (Fsp3) is 0.308. The van der Waals surface area contributed by atoms with Crippen LogP contribution in [0.1, 0.15) is 12.0 Å². The van der Waals surface area contributed by atoms with Crippen LogP contribution in [-0.2, 0) is 6.54 Å². The summed E-state index contributed by atoms with van der Waals surface area (Å²) < 4.78 is 5.99. The lowest BCUT2D eigenvalue weighted by atomic mass is 9.89. The molecule has 170 valence electrons. The molecule has 0 saturated carbocycles. The van der Waals surface area contributed by atoms with Gasteiger partial charge in [0.2, 0.25) is 0 Å². The van der Waals surface area contributed by atoms with Crippen LogP contribution >= 0.6 is 11.6 Å². The van der Waals surface area contributed by atoms with Gasteiger partial charge in [-0.15, -0.1) is 0 Å². The fourth-order valence-corrected chi connectivity index (χ4v) is 4.95. The van der Waals surface area contributed by atoms with Crippen LogP contribution in [-0.4, -0.2) is 47.0 Å². The SMILES string of the molecule is O=C(Nc1cccnc1)N1CC[C@@H]2CN(Cc3cccc(Oc4ccc(Cl)cc4)c3)C[C@H]2C1. The smallest absolute Gasteiger partial charge is 0.321 e. The van der Waals surface area contributed by atoms with Gasteiger partial charge in [0.25, 0.3) is 0 Å². The van der Waals surface area contributed by atoms with E-state index in [2.05, 4.69) is 27.3 Å². The number of urea groups is 1. The van der Waals surface area contributed by atoms with Gasteiger partial charge in [-0.25, -0.2) is 4.79 Å². The first kappa shape index (κ1) is 21.7. The molecule has 6 nitrogen and oxygen atoms in total. The Bertz CT molecular complexity index is 1090. The van der Waals surface area contributed by atoms with E-state index in [1.54, 1.807) is 12.4 Å². The third-order valence-corrected chi connectivity index (χ3v) is 6.68. The summed E-state index contributed by atoms with van der Waals surface area (Å²) in [7, 11) is 0. The molecule has 0 bridgehead atoms. The fourth-order valence-electron chi connectivity index (χ4n) is 4.82. The van der Waals surface area contributed by atoms with Crippen molar-refractivity contribution in [3.05, 3.63) is 83.6 Å². The Morgan fingerprint density at radius 1 is 1.03 bits per heavy atom. The van der Waals surface area contributed by atoms with Gasteiger partial charge in [0.15, 0.2) is 0 Å². The maximum atomic E-state index is 12.7. The molecule has 5 rings (SSSR count). The van der Waals surface area contributed by atoms with Crippen LogP contribution in [0.25, 0.3) is 0 Å². The van der Waals surface area contributed by atoms with Crippen LogP contribution in [0.5, 0.6) is 11.5 Å². The quantitative estimate of drug-likeness (QED) is 0.543. The highest BCUT2D eigenvalue weighted by Gasteiger charge is 2.38. The van der Waals surface area contributed by atoms with Crippen molar-refractivity contribution in [3.8, 4) is 11.5 Å². The molecule has 0 spiro atoms. The van der Waals surface area contributed by atoms with Gasteiger partial charge in [-0.1, -0.05) is 23.7 Å². The van der Waals surface area contributed by atoms with Crippen LogP contribution in [0.4, 0.5) is 10.5 Å². The Hall–Kier alpha value is -3.09. The summed E-state index contributed by atoms with van der Waals surface area (Å²) in [4.78, 5) is 21.2. The molecular formula is C26H27ClN4O2. The lowest BCUT2D eigenvalue weighted by Gasteiger charge is -2.34. The number of fused-ring (bicyclic) bond motifs is 1. The molecule has 1 aromatic heterocycles. The average Bonchev–Trinajstić information content (AvgIpc) is 3.23. The van der Waals surface area contributed by atoms with E-state index in [1.165, 1.54) is 5.56 Å². The Morgan fingerprint density at radius 2 is 1.88 bits per heavy atom. The van der Waals surface area contributed by atoms with Crippen molar-refractivity contribution in [3.63, 3.8) is 0 Å². The van der Waals surface area contributed by atoms with Gasteiger partial charge >= 0.3 is 6.03 Å². The first-order valence-corrected chi connectivity index (χ1v) is 11.7. The predicted octanol–water partition coefficient (Wildman–Crippen LogP) is 5.51. The lowest BCUT2D eigenvalue weighted by Crippen LogP contribution is -2.45. The summed E-state index contributed by atoms with van der Waals surface area (Å²) in [5.41, 5.74) is 1.96. The highest BCUT2D eigenvalue weighted by atomic mass is 35.5. The Morgan fingerprint density at radius 3 is 2.70 bits per heavy atom. The summed E-state index contributed by atoms with van der Waals surface area (Å²) in [6.07, 6.45) is 4.42. The molecule has 2 fully saturated rings. The number of carbonyl (C=O) groups excluding carboxylic acids is 1. The monoisotopic (exact) mass is 462 g/mol. The van der Waals surface area contributed by atoms with Crippen molar-refractivity contribution in [2.75, 3.05) is 31.5 Å². The van der Waals surface area contributed by atoms with E-state index in [4.69, 9.17) is 16.3 Å². The molecule has 2 saturated heterocycles. The number of hydrogen-bond acceptors (Lipinski definition) is 4. The molecule has 3 aromatic rings. The number of likely N-dealkylation sites (tertiary alicyclic amines) is 2. The number of benzene rings is 2. The number of nitrogens with one attached hydrogen (secondary N) is 1. The molecule has 0 unspecified atom stereocenters. The number of anilines is 1. The number of amides is 2. The molecular weight excluding hydrogens is 436 g/mol. The van der Waals surface area contributed by atoms with E-state index in [1.807, 2.05) is 53.4 Å². The lowest BCUT2D eigenvalue weighted by molar-refractivity contribution is 0.161. The number of rotatable bonds is 5. The van der Waals surface area contributed by atoms with E-state index < -0.39 is 0 Å².